The third kappa shape index (κ3) is 5.47. The maximum absolute atomic E-state index is 12.4. The number of amides is 2. The number of nitrogens with one attached hydrogen (secondary N) is 2. The fourth-order valence-electron chi connectivity index (χ4n) is 1.35. The molecule has 1 aromatic carbocycles. The van der Waals surface area contributed by atoms with E-state index in [1.165, 1.54) is 6.07 Å². The quantitative estimate of drug-likeness (QED) is 0.805. The van der Waals surface area contributed by atoms with Crippen molar-refractivity contribution in [3.8, 4) is 0 Å². The first-order chi connectivity index (χ1) is 10.0. The van der Waals surface area contributed by atoms with Crippen LogP contribution in [-0.2, 0) is 9.84 Å². The zero-order valence-electron chi connectivity index (χ0n) is 10.8. The van der Waals surface area contributed by atoms with Crippen LogP contribution in [-0.4, -0.2) is 32.9 Å². The Morgan fingerprint density at radius 2 is 1.86 bits per heavy atom. The molecule has 1 rings (SSSR count). The molecule has 5 nitrogen and oxygen atoms in total. The molecule has 0 radical (unpaired) electrons. The van der Waals surface area contributed by atoms with Crippen LogP contribution in [0.4, 0.5) is 32.4 Å². The summed E-state index contributed by atoms with van der Waals surface area (Å²) in [6.07, 6.45) is -5.67. The van der Waals surface area contributed by atoms with E-state index in [1.807, 2.05) is 5.32 Å². The van der Waals surface area contributed by atoms with Gasteiger partial charge in [-0.15, -0.1) is 0 Å². The molecular weight excluding hydrogens is 335 g/mol. The topological polar surface area (TPSA) is 75.3 Å². The Kier molecular flexibility index (Phi) is 5.69. The molecule has 0 aromatic heterocycles. The Hall–Kier alpha value is -1.91. The number of carbonyl (C=O) groups is 1. The molecule has 0 aliphatic rings. The molecule has 0 saturated carbocycles. The number of sulfone groups is 1. The van der Waals surface area contributed by atoms with Crippen molar-refractivity contribution in [1.82, 2.24) is 5.32 Å². The van der Waals surface area contributed by atoms with Crippen molar-refractivity contribution >= 4 is 21.6 Å². The monoisotopic (exact) mass is 346 g/mol. The van der Waals surface area contributed by atoms with E-state index < -0.39 is 45.7 Å². The van der Waals surface area contributed by atoms with Gasteiger partial charge in [0.05, 0.1) is 11.3 Å². The summed E-state index contributed by atoms with van der Waals surface area (Å²) in [5, 5.41) is 3.95. The Morgan fingerprint density at radius 3 is 2.41 bits per heavy atom. The van der Waals surface area contributed by atoms with E-state index in [1.54, 1.807) is 0 Å². The molecule has 0 unspecified atom stereocenters. The van der Waals surface area contributed by atoms with Crippen LogP contribution in [0.1, 0.15) is 6.42 Å². The van der Waals surface area contributed by atoms with E-state index >= 15 is 0 Å². The Bertz CT molecular complexity index is 631. The Labute approximate surface area is 122 Å². The van der Waals surface area contributed by atoms with E-state index in [2.05, 4.69) is 5.32 Å². The van der Waals surface area contributed by atoms with Crippen LogP contribution in [0, 0.1) is 0 Å². The summed E-state index contributed by atoms with van der Waals surface area (Å²) in [7, 11) is -4.83. The summed E-state index contributed by atoms with van der Waals surface area (Å²) in [5.41, 5.74) is -0.147. The van der Waals surface area contributed by atoms with E-state index in [0.29, 0.717) is 0 Å². The zero-order chi connectivity index (χ0) is 17.0. The average Bonchev–Trinajstić information content (AvgIpc) is 2.37. The molecule has 22 heavy (non-hydrogen) atoms. The number of alkyl halides is 5. The minimum absolute atomic E-state index is 0.147. The lowest BCUT2D eigenvalue weighted by atomic mass is 10.3. The second kappa shape index (κ2) is 6.90. The van der Waals surface area contributed by atoms with E-state index in [9.17, 15) is 35.2 Å². The van der Waals surface area contributed by atoms with Crippen LogP contribution in [0.2, 0.25) is 0 Å². The van der Waals surface area contributed by atoms with Gasteiger partial charge in [-0.25, -0.2) is 13.2 Å². The second-order valence-electron chi connectivity index (χ2n) is 4.08. The normalized spacial score (nSPS) is 12.3. The van der Waals surface area contributed by atoms with Crippen molar-refractivity contribution in [3.63, 3.8) is 0 Å². The third-order valence-corrected chi connectivity index (χ3v) is 3.73. The van der Waals surface area contributed by atoms with Gasteiger partial charge < -0.3 is 10.6 Å². The number of anilines is 1. The second-order valence-corrected chi connectivity index (χ2v) is 6.00. The first-order valence-electron chi connectivity index (χ1n) is 5.76. The van der Waals surface area contributed by atoms with Gasteiger partial charge in [0.2, 0.25) is 9.84 Å². The molecule has 0 bridgehead atoms. The third-order valence-electron chi connectivity index (χ3n) is 2.35. The number of halogens is 5. The van der Waals surface area contributed by atoms with Crippen molar-refractivity contribution in [2.75, 3.05) is 11.9 Å². The molecule has 0 fully saturated rings. The molecular formula is C11H11F5N2O3S. The van der Waals surface area contributed by atoms with Crippen molar-refractivity contribution < 1.29 is 35.2 Å². The number of rotatable bonds is 5. The van der Waals surface area contributed by atoms with Gasteiger partial charge in [0, 0.05) is 12.2 Å². The van der Waals surface area contributed by atoms with E-state index in [-0.39, 0.29) is 5.69 Å². The highest BCUT2D eigenvalue weighted by atomic mass is 32.2. The van der Waals surface area contributed by atoms with Gasteiger partial charge in [-0.3, -0.25) is 0 Å². The molecule has 0 atom stereocenters. The minimum atomic E-state index is -4.83. The first kappa shape index (κ1) is 18.1. The average molecular weight is 346 g/mol. The van der Waals surface area contributed by atoms with Crippen molar-refractivity contribution in [2.24, 2.45) is 0 Å². The van der Waals surface area contributed by atoms with Crippen LogP contribution in [0.25, 0.3) is 0 Å². The number of hydrogen-bond donors (Lipinski definition) is 2. The largest absolute Gasteiger partial charge is 0.390 e. The molecule has 124 valence electrons. The van der Waals surface area contributed by atoms with E-state index in [4.69, 9.17) is 0 Å². The number of urea groups is 1. The fraction of sp³-hybridized carbons (Fsp3) is 0.364. The molecule has 2 amide bonds. The predicted octanol–water partition coefficient (Wildman–Crippen LogP) is 2.76. The fourth-order valence-corrected chi connectivity index (χ4v) is 2.11. The van der Waals surface area contributed by atoms with Gasteiger partial charge in [-0.05, 0) is 18.2 Å². The van der Waals surface area contributed by atoms with Crippen molar-refractivity contribution in [3.05, 3.63) is 24.3 Å². The summed E-state index contributed by atoms with van der Waals surface area (Å²) in [5.74, 6) is -3.62. The number of carbonyl (C=O) groups excluding carboxylic acids is 1. The van der Waals surface area contributed by atoms with Gasteiger partial charge in [0.1, 0.15) is 0 Å². The smallest absolute Gasteiger partial charge is 0.338 e. The highest BCUT2D eigenvalue weighted by molar-refractivity contribution is 7.91. The molecule has 1 aromatic rings. The molecule has 0 aliphatic heterocycles. The number of hydrogen-bond acceptors (Lipinski definition) is 3. The predicted molar refractivity (Wildman–Crippen MR) is 67.3 cm³/mol. The van der Waals surface area contributed by atoms with Crippen LogP contribution in [0.3, 0.4) is 0 Å². The van der Waals surface area contributed by atoms with Crippen LogP contribution >= 0.6 is 0 Å². The number of benzene rings is 1. The highest BCUT2D eigenvalue weighted by Crippen LogP contribution is 2.21. The molecule has 0 spiro atoms. The Balaban J connectivity index is 2.70. The molecule has 2 N–H and O–H groups in total. The van der Waals surface area contributed by atoms with Crippen molar-refractivity contribution in [2.45, 2.75) is 23.3 Å². The lowest BCUT2D eigenvalue weighted by molar-refractivity contribution is -0.132. The maximum Gasteiger partial charge on any atom is 0.390 e. The lowest BCUT2D eigenvalue weighted by Crippen LogP contribution is -2.31. The van der Waals surface area contributed by atoms with Crippen molar-refractivity contribution in [1.29, 1.82) is 0 Å². The maximum atomic E-state index is 12.4. The molecule has 11 heteroatoms. The van der Waals surface area contributed by atoms with Crippen LogP contribution < -0.4 is 10.6 Å². The standard InChI is InChI=1S/C11H11F5N2O3S/c12-9(13)22(20,21)8-3-1-2-7(6-8)18-10(19)17-5-4-11(14,15)16/h1-3,6,9H,4-5H2,(H2,17,18,19). The summed E-state index contributed by atoms with van der Waals surface area (Å²) >= 11 is 0. The molecule has 0 aliphatic carbocycles. The first-order valence-corrected chi connectivity index (χ1v) is 7.31. The molecule has 0 heterocycles. The van der Waals surface area contributed by atoms with Gasteiger partial charge in [0.15, 0.2) is 0 Å². The summed E-state index contributed by atoms with van der Waals surface area (Å²) < 4.78 is 82.9. The van der Waals surface area contributed by atoms with Gasteiger partial charge in [0.25, 0.3) is 0 Å². The van der Waals surface area contributed by atoms with Crippen LogP contribution in [0.5, 0.6) is 0 Å². The molecule has 0 saturated heterocycles. The van der Waals surface area contributed by atoms with Gasteiger partial charge in [-0.1, -0.05) is 6.07 Å². The van der Waals surface area contributed by atoms with Gasteiger partial charge in [-0.2, -0.15) is 22.0 Å². The Morgan fingerprint density at radius 1 is 1.23 bits per heavy atom. The van der Waals surface area contributed by atoms with E-state index in [0.717, 1.165) is 18.2 Å². The summed E-state index contributed by atoms with van der Waals surface area (Å²) in [6, 6.07) is 2.99. The van der Waals surface area contributed by atoms with Gasteiger partial charge >= 0.3 is 18.0 Å². The summed E-state index contributed by atoms with van der Waals surface area (Å²) in [6.45, 7) is -0.676. The summed E-state index contributed by atoms with van der Waals surface area (Å²) in [4.78, 5) is 10.6. The lowest BCUT2D eigenvalue weighted by Gasteiger charge is -2.10. The minimum Gasteiger partial charge on any atom is -0.338 e. The van der Waals surface area contributed by atoms with Crippen LogP contribution in [0.15, 0.2) is 29.2 Å². The zero-order valence-corrected chi connectivity index (χ0v) is 11.6. The SMILES string of the molecule is O=C(NCCC(F)(F)F)Nc1cccc(S(=O)(=O)C(F)F)c1. The highest BCUT2D eigenvalue weighted by Gasteiger charge is 2.27.